The third-order valence-electron chi connectivity index (χ3n) is 3.01. The Hall–Kier alpha value is -2.23. The summed E-state index contributed by atoms with van der Waals surface area (Å²) in [4.78, 5) is 13.8. The Balaban J connectivity index is 2.09. The maximum atomic E-state index is 12.2. The zero-order valence-electron chi connectivity index (χ0n) is 11.3. The minimum absolute atomic E-state index is 0.0183. The van der Waals surface area contributed by atoms with E-state index in [9.17, 15) is 4.79 Å². The lowest BCUT2D eigenvalue weighted by Gasteiger charge is -2.26. The summed E-state index contributed by atoms with van der Waals surface area (Å²) in [5, 5.41) is 12.4. The molecular formula is C14H15ClN4O2. The molecule has 1 aromatic carbocycles. The molecule has 1 aromatic rings. The molecular weight excluding hydrogens is 292 g/mol. The molecule has 0 atom stereocenters. The number of nitrogens with two attached hydrogens (primary N) is 1. The van der Waals surface area contributed by atoms with E-state index in [1.54, 1.807) is 23.1 Å². The number of halogens is 1. The van der Waals surface area contributed by atoms with Crippen LogP contribution in [0.25, 0.3) is 0 Å². The Kier molecular flexibility index (Phi) is 5.04. The van der Waals surface area contributed by atoms with Gasteiger partial charge in [0.05, 0.1) is 23.9 Å². The van der Waals surface area contributed by atoms with E-state index in [1.807, 2.05) is 6.07 Å². The maximum absolute atomic E-state index is 12.2. The standard InChI is InChI=1S/C14H15ClN4O2/c15-12-7-11(17)1-2-13(12)18-9-10(8-16)14(20)19-3-5-21-6-4-19/h1-2,7,9,18H,3-6,17H2/b10-9-. The normalized spacial score (nSPS) is 15.4. The van der Waals surface area contributed by atoms with Crippen LogP contribution in [-0.2, 0) is 9.53 Å². The van der Waals surface area contributed by atoms with Crippen LogP contribution in [0.4, 0.5) is 11.4 Å². The first-order valence-electron chi connectivity index (χ1n) is 6.40. The largest absolute Gasteiger partial charge is 0.399 e. The summed E-state index contributed by atoms with van der Waals surface area (Å²) in [6.45, 7) is 1.95. The number of carbonyl (C=O) groups is 1. The third kappa shape index (κ3) is 3.88. The Morgan fingerprint density at radius 2 is 2.19 bits per heavy atom. The van der Waals surface area contributed by atoms with Crippen molar-refractivity contribution in [2.24, 2.45) is 0 Å². The molecule has 2 rings (SSSR count). The van der Waals surface area contributed by atoms with Crippen molar-refractivity contribution < 1.29 is 9.53 Å². The van der Waals surface area contributed by atoms with Crippen molar-refractivity contribution in [2.75, 3.05) is 37.4 Å². The summed E-state index contributed by atoms with van der Waals surface area (Å²) in [6, 6.07) is 6.85. The van der Waals surface area contributed by atoms with Crippen molar-refractivity contribution in [3.63, 3.8) is 0 Å². The van der Waals surface area contributed by atoms with Crippen molar-refractivity contribution in [3.05, 3.63) is 35.0 Å². The molecule has 1 aliphatic rings. The van der Waals surface area contributed by atoms with E-state index < -0.39 is 0 Å². The topological polar surface area (TPSA) is 91.4 Å². The molecule has 1 saturated heterocycles. The van der Waals surface area contributed by atoms with Crippen LogP contribution in [0, 0.1) is 11.3 Å². The van der Waals surface area contributed by atoms with Gasteiger partial charge in [0.15, 0.2) is 0 Å². The highest BCUT2D eigenvalue weighted by Gasteiger charge is 2.20. The lowest BCUT2D eigenvalue weighted by Crippen LogP contribution is -2.41. The molecule has 1 heterocycles. The van der Waals surface area contributed by atoms with Gasteiger partial charge >= 0.3 is 0 Å². The van der Waals surface area contributed by atoms with Gasteiger partial charge in [0.25, 0.3) is 5.91 Å². The van der Waals surface area contributed by atoms with Gasteiger partial charge in [0.1, 0.15) is 11.6 Å². The number of rotatable bonds is 3. The van der Waals surface area contributed by atoms with Gasteiger partial charge in [-0.25, -0.2) is 0 Å². The number of benzene rings is 1. The van der Waals surface area contributed by atoms with E-state index in [1.165, 1.54) is 6.20 Å². The van der Waals surface area contributed by atoms with E-state index in [-0.39, 0.29) is 11.5 Å². The average Bonchev–Trinajstić information content (AvgIpc) is 2.50. The Labute approximate surface area is 127 Å². The van der Waals surface area contributed by atoms with Gasteiger partial charge in [-0.1, -0.05) is 11.6 Å². The predicted molar refractivity (Wildman–Crippen MR) is 80.6 cm³/mol. The highest BCUT2D eigenvalue weighted by atomic mass is 35.5. The maximum Gasteiger partial charge on any atom is 0.266 e. The van der Waals surface area contributed by atoms with Crippen LogP contribution in [0.1, 0.15) is 0 Å². The van der Waals surface area contributed by atoms with Crippen LogP contribution in [0.15, 0.2) is 30.0 Å². The van der Waals surface area contributed by atoms with Crippen LogP contribution >= 0.6 is 11.6 Å². The van der Waals surface area contributed by atoms with Crippen LogP contribution < -0.4 is 11.1 Å². The van der Waals surface area contributed by atoms with Crippen molar-refractivity contribution in [1.29, 1.82) is 5.26 Å². The number of morpholine rings is 1. The lowest BCUT2D eigenvalue weighted by atomic mass is 10.2. The van der Waals surface area contributed by atoms with Crippen LogP contribution in [0.2, 0.25) is 5.02 Å². The number of nitrogens with one attached hydrogen (secondary N) is 1. The molecule has 0 aromatic heterocycles. The fourth-order valence-corrected chi connectivity index (χ4v) is 2.12. The molecule has 0 unspecified atom stereocenters. The van der Waals surface area contributed by atoms with Crippen molar-refractivity contribution in [3.8, 4) is 6.07 Å². The number of anilines is 2. The first-order valence-corrected chi connectivity index (χ1v) is 6.78. The number of nitriles is 1. The smallest absolute Gasteiger partial charge is 0.266 e. The van der Waals surface area contributed by atoms with Crippen molar-refractivity contribution in [2.45, 2.75) is 0 Å². The molecule has 0 aliphatic carbocycles. The average molecular weight is 307 g/mol. The fourth-order valence-electron chi connectivity index (χ4n) is 1.88. The number of carbonyl (C=O) groups excluding carboxylic acids is 1. The second-order valence-corrected chi connectivity index (χ2v) is 4.87. The van der Waals surface area contributed by atoms with Gasteiger partial charge < -0.3 is 20.7 Å². The summed E-state index contributed by atoms with van der Waals surface area (Å²) in [5.41, 5.74) is 6.74. The molecule has 7 heteroatoms. The highest BCUT2D eigenvalue weighted by molar-refractivity contribution is 6.33. The second kappa shape index (κ2) is 6.97. The number of nitrogens with zero attached hydrogens (tertiary/aromatic N) is 2. The van der Waals surface area contributed by atoms with E-state index >= 15 is 0 Å². The lowest BCUT2D eigenvalue weighted by molar-refractivity contribution is -0.130. The van der Waals surface area contributed by atoms with Gasteiger partial charge in [-0.05, 0) is 18.2 Å². The Bertz CT molecular complexity index is 603. The van der Waals surface area contributed by atoms with Gasteiger partial charge in [-0.2, -0.15) is 5.26 Å². The second-order valence-electron chi connectivity index (χ2n) is 4.46. The summed E-state index contributed by atoms with van der Waals surface area (Å²) in [5.74, 6) is -0.320. The van der Waals surface area contributed by atoms with Crippen LogP contribution in [0.3, 0.4) is 0 Å². The molecule has 1 aliphatic heterocycles. The minimum Gasteiger partial charge on any atom is -0.399 e. The molecule has 0 radical (unpaired) electrons. The van der Waals surface area contributed by atoms with Crippen molar-refractivity contribution in [1.82, 2.24) is 4.90 Å². The van der Waals surface area contributed by atoms with Crippen molar-refractivity contribution >= 4 is 28.9 Å². The van der Waals surface area contributed by atoms with Gasteiger partial charge in [0.2, 0.25) is 0 Å². The quantitative estimate of drug-likeness (QED) is 0.503. The molecule has 110 valence electrons. The van der Waals surface area contributed by atoms with Gasteiger partial charge in [0, 0.05) is 25.0 Å². The molecule has 0 spiro atoms. The number of ether oxygens (including phenoxy) is 1. The number of hydrogen-bond donors (Lipinski definition) is 2. The summed E-state index contributed by atoms with van der Waals surface area (Å²) in [6.07, 6.45) is 1.36. The zero-order chi connectivity index (χ0) is 15.2. The SMILES string of the molecule is N#C/C(=C/Nc1ccc(N)cc1Cl)C(=O)N1CCOCC1. The first-order chi connectivity index (χ1) is 10.1. The summed E-state index contributed by atoms with van der Waals surface area (Å²) < 4.78 is 5.18. The van der Waals surface area contributed by atoms with Crippen LogP contribution in [-0.4, -0.2) is 37.1 Å². The summed E-state index contributed by atoms with van der Waals surface area (Å²) in [7, 11) is 0. The zero-order valence-corrected chi connectivity index (χ0v) is 12.1. The van der Waals surface area contributed by atoms with E-state index in [0.717, 1.165) is 0 Å². The molecule has 1 amide bonds. The molecule has 0 bridgehead atoms. The molecule has 3 N–H and O–H groups in total. The van der Waals surface area contributed by atoms with Gasteiger partial charge in [-0.15, -0.1) is 0 Å². The minimum atomic E-state index is -0.320. The number of amides is 1. The van der Waals surface area contributed by atoms with E-state index in [0.29, 0.717) is 42.7 Å². The highest BCUT2D eigenvalue weighted by Crippen LogP contribution is 2.24. The molecule has 1 fully saturated rings. The predicted octanol–water partition coefficient (Wildman–Crippen LogP) is 1.60. The molecule has 21 heavy (non-hydrogen) atoms. The first kappa shape index (κ1) is 15.2. The molecule has 6 nitrogen and oxygen atoms in total. The monoisotopic (exact) mass is 306 g/mol. The van der Waals surface area contributed by atoms with E-state index in [2.05, 4.69) is 5.32 Å². The Morgan fingerprint density at radius 3 is 2.81 bits per heavy atom. The number of hydrogen-bond acceptors (Lipinski definition) is 5. The third-order valence-corrected chi connectivity index (χ3v) is 3.33. The van der Waals surface area contributed by atoms with Gasteiger partial charge in [-0.3, -0.25) is 4.79 Å². The molecule has 0 saturated carbocycles. The van der Waals surface area contributed by atoms with Crippen LogP contribution in [0.5, 0.6) is 0 Å². The summed E-state index contributed by atoms with van der Waals surface area (Å²) >= 11 is 6.02. The van der Waals surface area contributed by atoms with E-state index in [4.69, 9.17) is 27.3 Å². The Morgan fingerprint density at radius 1 is 1.48 bits per heavy atom. The fraction of sp³-hybridized carbons (Fsp3) is 0.286. The number of nitrogen functional groups attached to an aromatic ring is 1.